The van der Waals surface area contributed by atoms with Crippen LogP contribution in [0.1, 0.15) is 60.1 Å². The first-order chi connectivity index (χ1) is 13.2. The summed E-state index contributed by atoms with van der Waals surface area (Å²) in [7, 11) is 0. The number of rotatable bonds is 5. The Morgan fingerprint density at radius 3 is 2.70 bits per heavy atom. The zero-order valence-electron chi connectivity index (χ0n) is 15.5. The number of benzene rings is 1. The van der Waals surface area contributed by atoms with Crippen LogP contribution in [0.5, 0.6) is 0 Å². The van der Waals surface area contributed by atoms with Gasteiger partial charge in [0, 0.05) is 12.5 Å². The molecule has 7 heteroatoms. The van der Waals surface area contributed by atoms with E-state index in [2.05, 4.69) is 17.1 Å². The van der Waals surface area contributed by atoms with Gasteiger partial charge in [0.1, 0.15) is 16.6 Å². The Hall–Kier alpha value is -1.99. The maximum absolute atomic E-state index is 12.9. The molecule has 6 nitrogen and oxygen atoms in total. The predicted octanol–water partition coefficient (Wildman–Crippen LogP) is 4.12. The minimum absolute atomic E-state index is 0.0348. The van der Waals surface area contributed by atoms with Gasteiger partial charge in [0.05, 0.1) is 12.1 Å². The molecule has 0 unspecified atom stereocenters. The van der Waals surface area contributed by atoms with Crippen molar-refractivity contribution in [3.05, 3.63) is 45.9 Å². The molecule has 0 spiro atoms. The Balaban J connectivity index is 1.26. The molecule has 1 aromatic carbocycles. The van der Waals surface area contributed by atoms with Gasteiger partial charge in [-0.05, 0) is 37.2 Å². The van der Waals surface area contributed by atoms with Gasteiger partial charge in [-0.2, -0.15) is 5.06 Å². The number of hydrogen-bond acceptors (Lipinski definition) is 5. The molecule has 1 aromatic heterocycles. The van der Waals surface area contributed by atoms with Crippen molar-refractivity contribution < 1.29 is 9.63 Å². The third-order valence-corrected chi connectivity index (χ3v) is 7.19. The summed E-state index contributed by atoms with van der Waals surface area (Å²) in [5, 5.41) is 12.6. The molecule has 3 heterocycles. The molecule has 2 saturated heterocycles. The molecule has 2 atom stereocenters. The van der Waals surface area contributed by atoms with Crippen molar-refractivity contribution in [2.45, 2.75) is 57.2 Å². The standard InChI is InChI=1S/C20H24N4O2S/c1-13-9-15(10-13)18-21-22-19(27-18)17-8-7-16-11-23(17)20(25)24(16)26-12-14-5-3-2-4-6-14/h2-6,13,15-17H,7-12H2,1H3/t13-,15-,16-,17+/m1/s1. The second-order valence-electron chi connectivity index (χ2n) is 8.02. The van der Waals surface area contributed by atoms with Gasteiger partial charge in [-0.15, -0.1) is 10.2 Å². The summed E-state index contributed by atoms with van der Waals surface area (Å²) in [5.41, 5.74) is 1.07. The van der Waals surface area contributed by atoms with E-state index in [0.717, 1.165) is 34.3 Å². The molecule has 1 saturated carbocycles. The topological polar surface area (TPSA) is 58.6 Å². The lowest BCUT2D eigenvalue weighted by Gasteiger charge is -2.30. The van der Waals surface area contributed by atoms with Crippen molar-refractivity contribution in [3.63, 3.8) is 0 Å². The lowest BCUT2D eigenvalue weighted by atomic mass is 9.77. The van der Waals surface area contributed by atoms with E-state index in [4.69, 9.17) is 4.84 Å². The first kappa shape index (κ1) is 17.1. The monoisotopic (exact) mass is 384 g/mol. The average Bonchev–Trinajstić information content (AvgIpc) is 3.23. The van der Waals surface area contributed by atoms with Gasteiger partial charge in [0.15, 0.2) is 0 Å². The summed E-state index contributed by atoms with van der Waals surface area (Å²) >= 11 is 1.70. The molecule has 2 aliphatic heterocycles. The van der Waals surface area contributed by atoms with E-state index < -0.39 is 0 Å². The highest BCUT2D eigenvalue weighted by Gasteiger charge is 2.47. The van der Waals surface area contributed by atoms with Crippen LogP contribution in [0.2, 0.25) is 0 Å². The minimum Gasteiger partial charge on any atom is -0.311 e. The lowest BCUT2D eigenvalue weighted by Crippen LogP contribution is -2.33. The number of amides is 2. The van der Waals surface area contributed by atoms with Crippen LogP contribution in [0.4, 0.5) is 4.79 Å². The second kappa shape index (κ2) is 6.87. The second-order valence-corrected chi connectivity index (χ2v) is 9.06. The zero-order valence-corrected chi connectivity index (χ0v) is 16.3. The highest BCUT2D eigenvalue weighted by atomic mass is 32.1. The number of carbonyl (C=O) groups excluding carboxylic acids is 1. The van der Waals surface area contributed by atoms with Crippen LogP contribution in [0.15, 0.2) is 30.3 Å². The number of nitrogens with zero attached hydrogens (tertiary/aromatic N) is 4. The van der Waals surface area contributed by atoms with Crippen LogP contribution in [0.3, 0.4) is 0 Å². The van der Waals surface area contributed by atoms with Crippen molar-refractivity contribution >= 4 is 17.4 Å². The average molecular weight is 385 g/mol. The third kappa shape index (κ3) is 3.12. The Morgan fingerprint density at radius 1 is 1.15 bits per heavy atom. The van der Waals surface area contributed by atoms with E-state index in [1.807, 2.05) is 35.2 Å². The molecule has 2 amide bonds. The summed E-state index contributed by atoms with van der Waals surface area (Å²) in [4.78, 5) is 20.7. The quantitative estimate of drug-likeness (QED) is 0.778. The number of aromatic nitrogens is 2. The summed E-state index contributed by atoms with van der Waals surface area (Å²) < 4.78 is 0. The number of fused-ring (bicyclic) bond motifs is 2. The summed E-state index contributed by atoms with van der Waals surface area (Å²) in [6.07, 6.45) is 4.30. The first-order valence-corrected chi connectivity index (χ1v) is 10.6. The SMILES string of the molecule is C[C@H]1C[C@H](c2nnc([C@@H]3CC[C@@H]4CN3C(=O)N4OCc3ccccc3)s2)C1. The first-order valence-electron chi connectivity index (χ1n) is 9.79. The van der Waals surface area contributed by atoms with E-state index in [0.29, 0.717) is 19.1 Å². The predicted molar refractivity (Wildman–Crippen MR) is 102 cm³/mol. The van der Waals surface area contributed by atoms with Gasteiger partial charge in [-0.1, -0.05) is 48.6 Å². The number of hydroxylamine groups is 2. The Morgan fingerprint density at radius 2 is 1.93 bits per heavy atom. The van der Waals surface area contributed by atoms with Gasteiger partial charge in [0.25, 0.3) is 0 Å². The molecule has 2 bridgehead atoms. The summed E-state index contributed by atoms with van der Waals surface area (Å²) in [6.45, 7) is 3.42. The molecule has 1 aliphatic carbocycles. The Bertz CT molecular complexity index is 820. The van der Waals surface area contributed by atoms with Gasteiger partial charge >= 0.3 is 6.03 Å². The van der Waals surface area contributed by atoms with Gasteiger partial charge in [0.2, 0.25) is 0 Å². The van der Waals surface area contributed by atoms with Crippen molar-refractivity contribution in [3.8, 4) is 0 Å². The summed E-state index contributed by atoms with van der Waals surface area (Å²) in [6, 6.07) is 10.1. The fourth-order valence-electron chi connectivity index (χ4n) is 4.42. The van der Waals surface area contributed by atoms with Crippen molar-refractivity contribution in [1.29, 1.82) is 0 Å². The minimum atomic E-state index is -0.0348. The maximum Gasteiger partial charge on any atom is 0.344 e. The number of carbonyl (C=O) groups is 1. The molecule has 0 radical (unpaired) electrons. The van der Waals surface area contributed by atoms with Crippen LogP contribution in [-0.2, 0) is 11.4 Å². The molecule has 2 aromatic rings. The summed E-state index contributed by atoms with van der Waals surface area (Å²) in [5.74, 6) is 1.37. The molecule has 27 heavy (non-hydrogen) atoms. The normalized spacial score (nSPS) is 29.9. The highest BCUT2D eigenvalue weighted by molar-refractivity contribution is 7.11. The number of piperidine rings is 1. The van der Waals surface area contributed by atoms with E-state index in [9.17, 15) is 4.79 Å². The molecule has 3 fully saturated rings. The number of urea groups is 1. The van der Waals surface area contributed by atoms with Gasteiger partial charge < -0.3 is 4.90 Å². The number of hydrogen-bond donors (Lipinski definition) is 0. The third-order valence-electron chi connectivity index (χ3n) is 6.00. The van der Waals surface area contributed by atoms with Gasteiger partial charge in [-0.3, -0.25) is 4.84 Å². The zero-order chi connectivity index (χ0) is 18.4. The smallest absolute Gasteiger partial charge is 0.311 e. The van der Waals surface area contributed by atoms with Crippen molar-refractivity contribution in [2.75, 3.05) is 6.54 Å². The van der Waals surface area contributed by atoms with Crippen molar-refractivity contribution in [2.24, 2.45) is 5.92 Å². The Kier molecular flexibility index (Phi) is 4.36. The molecular weight excluding hydrogens is 360 g/mol. The van der Waals surface area contributed by atoms with Crippen LogP contribution in [-0.4, -0.2) is 38.8 Å². The molecule has 5 rings (SSSR count). The van der Waals surface area contributed by atoms with Crippen molar-refractivity contribution in [1.82, 2.24) is 20.2 Å². The van der Waals surface area contributed by atoms with Crippen LogP contribution in [0.25, 0.3) is 0 Å². The van der Waals surface area contributed by atoms with E-state index in [1.54, 1.807) is 16.4 Å². The molecule has 142 valence electrons. The fourth-order valence-corrected chi connectivity index (χ4v) is 5.54. The highest BCUT2D eigenvalue weighted by Crippen LogP contribution is 2.45. The largest absolute Gasteiger partial charge is 0.344 e. The fraction of sp³-hybridized carbons (Fsp3) is 0.550. The van der Waals surface area contributed by atoms with E-state index in [1.165, 1.54) is 12.8 Å². The van der Waals surface area contributed by atoms with E-state index >= 15 is 0 Å². The molecule has 0 N–H and O–H groups in total. The van der Waals surface area contributed by atoms with Gasteiger partial charge in [-0.25, -0.2) is 4.79 Å². The Labute approximate surface area is 163 Å². The van der Waals surface area contributed by atoms with Crippen LogP contribution >= 0.6 is 11.3 Å². The molecular formula is C20H24N4O2S. The lowest BCUT2D eigenvalue weighted by molar-refractivity contribution is -0.140. The van der Waals surface area contributed by atoms with E-state index in [-0.39, 0.29) is 18.1 Å². The molecule has 3 aliphatic rings. The van der Waals surface area contributed by atoms with Crippen LogP contribution in [0, 0.1) is 5.92 Å². The maximum atomic E-state index is 12.9. The van der Waals surface area contributed by atoms with Crippen LogP contribution < -0.4 is 0 Å².